The van der Waals surface area contributed by atoms with Crippen LogP contribution in [0.2, 0.25) is 10.0 Å². The summed E-state index contributed by atoms with van der Waals surface area (Å²) in [6.07, 6.45) is 0. The summed E-state index contributed by atoms with van der Waals surface area (Å²) < 4.78 is 25.3. The molecule has 0 unspecified atom stereocenters. The molecule has 1 aromatic heterocycles. The predicted octanol–water partition coefficient (Wildman–Crippen LogP) is 5.26. The molecular weight excluding hydrogens is 442 g/mol. The molecule has 5 nitrogen and oxygen atoms in total. The fourth-order valence-electron chi connectivity index (χ4n) is 3.43. The Bertz CT molecular complexity index is 1030. The van der Waals surface area contributed by atoms with Crippen molar-refractivity contribution in [1.29, 1.82) is 0 Å². The van der Waals surface area contributed by atoms with E-state index in [0.717, 1.165) is 0 Å². The first-order valence-corrected chi connectivity index (χ1v) is 10.7. The van der Waals surface area contributed by atoms with E-state index in [1.54, 1.807) is 53.4 Å². The van der Waals surface area contributed by atoms with Crippen molar-refractivity contribution in [2.75, 3.05) is 26.2 Å². The van der Waals surface area contributed by atoms with Crippen LogP contribution in [0.15, 0.2) is 59.0 Å². The lowest BCUT2D eigenvalue weighted by Gasteiger charge is -2.34. The van der Waals surface area contributed by atoms with Crippen molar-refractivity contribution in [3.8, 4) is 5.75 Å². The smallest absolute Gasteiger partial charge is 0.289 e. The molecule has 0 N–H and O–H groups in total. The number of ether oxygens (including phenoxy) is 1. The van der Waals surface area contributed by atoms with Gasteiger partial charge in [0.05, 0.1) is 0 Å². The number of hydrogen-bond donors (Lipinski definition) is 0. The van der Waals surface area contributed by atoms with Gasteiger partial charge in [-0.3, -0.25) is 9.69 Å². The standard InChI is InChI=1S/C23H21Cl2FN2O3/c24-16-4-6-17(7-5-16)30-15-18-8-9-22(31-18)23(29)28-12-10-27(11-13-28)14-19-20(25)2-1-3-21(19)26/h1-9H,10-15H2. The van der Waals surface area contributed by atoms with E-state index in [4.69, 9.17) is 32.4 Å². The first-order valence-electron chi connectivity index (χ1n) is 9.91. The van der Waals surface area contributed by atoms with E-state index >= 15 is 0 Å². The topological polar surface area (TPSA) is 45.9 Å². The lowest BCUT2D eigenvalue weighted by molar-refractivity contribution is 0.0593. The largest absolute Gasteiger partial charge is 0.486 e. The summed E-state index contributed by atoms with van der Waals surface area (Å²) in [5.74, 6) is 1.03. The molecule has 1 fully saturated rings. The van der Waals surface area contributed by atoms with Crippen molar-refractivity contribution in [3.63, 3.8) is 0 Å². The van der Waals surface area contributed by atoms with Crippen LogP contribution >= 0.6 is 23.2 Å². The minimum Gasteiger partial charge on any atom is -0.486 e. The monoisotopic (exact) mass is 462 g/mol. The number of benzene rings is 2. The molecule has 1 aliphatic rings. The zero-order valence-electron chi connectivity index (χ0n) is 16.7. The Hall–Kier alpha value is -2.54. The quantitative estimate of drug-likeness (QED) is 0.500. The van der Waals surface area contributed by atoms with Gasteiger partial charge in [-0.05, 0) is 48.5 Å². The lowest BCUT2D eigenvalue weighted by atomic mass is 10.2. The van der Waals surface area contributed by atoms with Crippen LogP contribution in [0.5, 0.6) is 5.75 Å². The molecule has 1 aliphatic heterocycles. The fourth-order valence-corrected chi connectivity index (χ4v) is 3.78. The number of halogens is 3. The second-order valence-electron chi connectivity index (χ2n) is 7.28. The van der Waals surface area contributed by atoms with Crippen LogP contribution in [0.3, 0.4) is 0 Å². The second kappa shape index (κ2) is 9.73. The Morgan fingerprint density at radius 1 is 1.00 bits per heavy atom. The summed E-state index contributed by atoms with van der Waals surface area (Å²) in [4.78, 5) is 16.6. The molecule has 2 aromatic carbocycles. The number of carbonyl (C=O) groups is 1. The average molecular weight is 463 g/mol. The van der Waals surface area contributed by atoms with Crippen molar-refractivity contribution in [2.24, 2.45) is 0 Å². The van der Waals surface area contributed by atoms with Crippen molar-refractivity contribution < 1.29 is 18.3 Å². The lowest BCUT2D eigenvalue weighted by Crippen LogP contribution is -2.48. The Labute approximate surface area is 189 Å². The van der Waals surface area contributed by atoms with Crippen molar-refractivity contribution in [1.82, 2.24) is 9.80 Å². The van der Waals surface area contributed by atoms with E-state index in [9.17, 15) is 9.18 Å². The number of piperazine rings is 1. The molecule has 0 spiro atoms. The van der Waals surface area contributed by atoms with Gasteiger partial charge in [0.1, 0.15) is 23.9 Å². The summed E-state index contributed by atoms with van der Waals surface area (Å²) in [6.45, 7) is 2.95. The number of hydrogen-bond acceptors (Lipinski definition) is 4. The molecule has 1 saturated heterocycles. The Kier molecular flexibility index (Phi) is 6.80. The molecule has 8 heteroatoms. The van der Waals surface area contributed by atoms with Crippen molar-refractivity contribution in [2.45, 2.75) is 13.2 Å². The SMILES string of the molecule is O=C(c1ccc(COc2ccc(Cl)cc2)o1)N1CCN(Cc2c(F)cccc2Cl)CC1. The van der Waals surface area contributed by atoms with Gasteiger partial charge in [0.2, 0.25) is 0 Å². The fraction of sp³-hybridized carbons (Fsp3) is 0.261. The van der Waals surface area contributed by atoms with E-state index in [-0.39, 0.29) is 24.1 Å². The number of nitrogens with zero attached hydrogens (tertiary/aromatic N) is 2. The van der Waals surface area contributed by atoms with E-state index in [0.29, 0.717) is 59.8 Å². The highest BCUT2D eigenvalue weighted by Gasteiger charge is 2.25. The highest BCUT2D eigenvalue weighted by molar-refractivity contribution is 6.31. The third-order valence-corrected chi connectivity index (χ3v) is 5.78. The molecule has 2 heterocycles. The van der Waals surface area contributed by atoms with E-state index in [1.165, 1.54) is 6.07 Å². The zero-order chi connectivity index (χ0) is 21.8. The molecule has 0 saturated carbocycles. The summed E-state index contributed by atoms with van der Waals surface area (Å²) in [5, 5.41) is 1.05. The zero-order valence-corrected chi connectivity index (χ0v) is 18.2. The minimum atomic E-state index is -0.310. The van der Waals surface area contributed by atoms with Crippen LogP contribution in [0.25, 0.3) is 0 Å². The van der Waals surface area contributed by atoms with Crippen LogP contribution in [0.1, 0.15) is 21.9 Å². The summed E-state index contributed by atoms with van der Waals surface area (Å²) in [7, 11) is 0. The Morgan fingerprint density at radius 2 is 1.74 bits per heavy atom. The number of amides is 1. The third-order valence-electron chi connectivity index (χ3n) is 5.17. The van der Waals surface area contributed by atoms with Gasteiger partial charge in [-0.1, -0.05) is 29.3 Å². The highest BCUT2D eigenvalue weighted by atomic mass is 35.5. The van der Waals surface area contributed by atoms with E-state index in [2.05, 4.69) is 4.90 Å². The second-order valence-corrected chi connectivity index (χ2v) is 8.12. The number of carbonyl (C=O) groups excluding carboxylic acids is 1. The first-order chi connectivity index (χ1) is 15.0. The summed E-state index contributed by atoms with van der Waals surface area (Å²) in [5.41, 5.74) is 0.486. The molecule has 0 atom stereocenters. The third kappa shape index (κ3) is 5.39. The maximum absolute atomic E-state index is 14.0. The molecule has 1 amide bonds. The van der Waals surface area contributed by atoms with E-state index in [1.807, 2.05) is 0 Å². The van der Waals surface area contributed by atoms with Crippen LogP contribution in [-0.4, -0.2) is 41.9 Å². The molecule has 0 bridgehead atoms. The van der Waals surface area contributed by atoms with E-state index < -0.39 is 0 Å². The molecule has 31 heavy (non-hydrogen) atoms. The Morgan fingerprint density at radius 3 is 2.45 bits per heavy atom. The van der Waals surface area contributed by atoms with Gasteiger partial charge in [0.25, 0.3) is 5.91 Å². The minimum absolute atomic E-state index is 0.165. The van der Waals surface area contributed by atoms with Crippen LogP contribution in [0, 0.1) is 5.82 Å². The van der Waals surface area contributed by atoms with Gasteiger partial charge in [0, 0.05) is 48.3 Å². The van der Waals surface area contributed by atoms with Crippen molar-refractivity contribution in [3.05, 3.63) is 87.5 Å². The normalized spacial score (nSPS) is 14.6. The van der Waals surface area contributed by atoms with Gasteiger partial charge in [0.15, 0.2) is 5.76 Å². The number of furan rings is 1. The molecular formula is C23H21Cl2FN2O3. The van der Waals surface area contributed by atoms with Crippen LogP contribution < -0.4 is 4.74 Å². The average Bonchev–Trinajstić information content (AvgIpc) is 3.25. The van der Waals surface area contributed by atoms with Crippen LogP contribution in [0.4, 0.5) is 4.39 Å². The Balaban J connectivity index is 1.29. The number of rotatable bonds is 6. The van der Waals surface area contributed by atoms with Gasteiger partial charge in [-0.15, -0.1) is 0 Å². The maximum atomic E-state index is 14.0. The molecule has 162 valence electrons. The van der Waals surface area contributed by atoms with Gasteiger partial charge >= 0.3 is 0 Å². The molecule has 0 radical (unpaired) electrons. The highest BCUT2D eigenvalue weighted by Crippen LogP contribution is 2.22. The first kappa shape index (κ1) is 21.7. The predicted molar refractivity (Wildman–Crippen MR) is 117 cm³/mol. The van der Waals surface area contributed by atoms with Crippen molar-refractivity contribution >= 4 is 29.1 Å². The summed E-state index contributed by atoms with van der Waals surface area (Å²) in [6, 6.07) is 15.1. The molecule has 4 rings (SSSR count). The molecule has 3 aromatic rings. The molecule has 0 aliphatic carbocycles. The van der Waals surface area contributed by atoms with Crippen LogP contribution in [-0.2, 0) is 13.2 Å². The van der Waals surface area contributed by atoms with Gasteiger partial charge in [-0.2, -0.15) is 0 Å². The van der Waals surface area contributed by atoms with Gasteiger partial charge in [-0.25, -0.2) is 4.39 Å². The maximum Gasteiger partial charge on any atom is 0.289 e. The summed E-state index contributed by atoms with van der Waals surface area (Å²) >= 11 is 12.0. The van der Waals surface area contributed by atoms with Gasteiger partial charge < -0.3 is 14.1 Å².